The Kier molecular flexibility index (Phi) is 7.52. The van der Waals surface area contributed by atoms with Crippen molar-refractivity contribution in [1.29, 1.82) is 0 Å². The zero-order chi connectivity index (χ0) is 22.4. The number of nitrogens with one attached hydrogen (secondary N) is 1. The molecule has 1 heterocycles. The predicted molar refractivity (Wildman–Crippen MR) is 124 cm³/mol. The molecule has 0 unspecified atom stereocenters. The third-order valence-electron chi connectivity index (χ3n) is 5.71. The average molecular weight is 425 g/mol. The summed E-state index contributed by atoms with van der Waals surface area (Å²) in [5.74, 6) is 0.623. The highest BCUT2D eigenvalue weighted by molar-refractivity contribution is 5.95. The number of hydrogen-bond donors (Lipinski definition) is 1. The largest absolute Gasteiger partial charge is 0.495 e. The number of hydrogen-bond acceptors (Lipinski definition) is 5. The first-order valence-corrected chi connectivity index (χ1v) is 10.6. The van der Waals surface area contributed by atoms with Crippen LogP contribution in [0, 0.1) is 13.8 Å². The number of methoxy groups -OCH3 is 1. The van der Waals surface area contributed by atoms with E-state index in [-0.39, 0.29) is 18.4 Å². The monoisotopic (exact) mass is 424 g/mol. The molecular formula is C24H32N4O3. The topological polar surface area (TPSA) is 65.1 Å². The minimum Gasteiger partial charge on any atom is -0.495 e. The summed E-state index contributed by atoms with van der Waals surface area (Å²) in [7, 11) is 3.36. The zero-order valence-electron chi connectivity index (χ0n) is 18.9. The van der Waals surface area contributed by atoms with Crippen molar-refractivity contribution in [3.05, 3.63) is 53.6 Å². The van der Waals surface area contributed by atoms with Gasteiger partial charge in [0.15, 0.2) is 0 Å². The molecular weight excluding hydrogens is 392 g/mol. The molecule has 2 aromatic carbocycles. The number of rotatable bonds is 7. The number of carbonyl (C=O) groups is 2. The number of anilines is 2. The highest BCUT2D eigenvalue weighted by Crippen LogP contribution is 2.28. The Balaban J connectivity index is 1.47. The minimum atomic E-state index is -0.186. The molecule has 7 heteroatoms. The van der Waals surface area contributed by atoms with Crippen molar-refractivity contribution in [2.24, 2.45) is 0 Å². The molecule has 2 aromatic rings. The molecule has 166 valence electrons. The van der Waals surface area contributed by atoms with Gasteiger partial charge in [-0.05, 0) is 37.1 Å². The summed E-state index contributed by atoms with van der Waals surface area (Å²) in [5, 5.41) is 2.94. The van der Waals surface area contributed by atoms with Crippen molar-refractivity contribution in [3.8, 4) is 5.75 Å². The van der Waals surface area contributed by atoms with Gasteiger partial charge < -0.3 is 19.9 Å². The maximum Gasteiger partial charge on any atom is 0.243 e. The van der Waals surface area contributed by atoms with Gasteiger partial charge in [0.1, 0.15) is 5.75 Å². The molecule has 0 saturated carbocycles. The van der Waals surface area contributed by atoms with Gasteiger partial charge in [0.25, 0.3) is 0 Å². The van der Waals surface area contributed by atoms with Crippen molar-refractivity contribution < 1.29 is 14.3 Å². The second-order valence-corrected chi connectivity index (χ2v) is 8.00. The minimum absolute atomic E-state index is 0.0355. The van der Waals surface area contributed by atoms with Crippen LogP contribution >= 0.6 is 0 Å². The number of ether oxygens (including phenoxy) is 1. The molecule has 0 radical (unpaired) electrons. The Morgan fingerprint density at radius 3 is 2.29 bits per heavy atom. The normalized spacial score (nSPS) is 14.3. The number of nitrogens with zero attached hydrogens (tertiary/aromatic N) is 3. The first-order valence-electron chi connectivity index (χ1n) is 10.6. The molecule has 0 aromatic heterocycles. The van der Waals surface area contributed by atoms with Crippen LogP contribution < -0.4 is 15.0 Å². The third kappa shape index (κ3) is 5.76. The molecule has 0 atom stereocenters. The van der Waals surface area contributed by atoms with Crippen LogP contribution in [-0.2, 0) is 9.59 Å². The van der Waals surface area contributed by atoms with Crippen molar-refractivity contribution >= 4 is 23.2 Å². The lowest BCUT2D eigenvalue weighted by molar-refractivity contribution is -0.134. The molecule has 7 nitrogen and oxygen atoms in total. The van der Waals surface area contributed by atoms with Crippen LogP contribution in [0.1, 0.15) is 11.1 Å². The van der Waals surface area contributed by atoms with E-state index in [2.05, 4.69) is 21.2 Å². The summed E-state index contributed by atoms with van der Waals surface area (Å²) >= 11 is 0. The lowest BCUT2D eigenvalue weighted by Crippen LogP contribution is -2.50. The summed E-state index contributed by atoms with van der Waals surface area (Å²) in [6.45, 7) is 7.48. The molecule has 31 heavy (non-hydrogen) atoms. The summed E-state index contributed by atoms with van der Waals surface area (Å²) in [4.78, 5) is 31.0. The molecule has 0 spiro atoms. The van der Waals surface area contributed by atoms with Gasteiger partial charge in [-0.1, -0.05) is 30.3 Å². The van der Waals surface area contributed by atoms with E-state index in [9.17, 15) is 9.59 Å². The van der Waals surface area contributed by atoms with E-state index >= 15 is 0 Å². The Labute approximate surface area is 184 Å². The lowest BCUT2D eigenvalue weighted by Gasteiger charge is -2.36. The number of carbonyl (C=O) groups excluding carboxylic acids is 2. The molecule has 1 N–H and O–H groups in total. The van der Waals surface area contributed by atoms with E-state index < -0.39 is 0 Å². The van der Waals surface area contributed by atoms with E-state index in [0.29, 0.717) is 6.54 Å². The van der Waals surface area contributed by atoms with Crippen molar-refractivity contribution in [2.75, 3.05) is 63.6 Å². The van der Waals surface area contributed by atoms with Gasteiger partial charge in [-0.3, -0.25) is 14.5 Å². The van der Waals surface area contributed by atoms with E-state index in [4.69, 9.17) is 4.74 Å². The van der Waals surface area contributed by atoms with Crippen molar-refractivity contribution in [3.63, 3.8) is 0 Å². The van der Waals surface area contributed by atoms with Gasteiger partial charge in [-0.2, -0.15) is 0 Å². The lowest BCUT2D eigenvalue weighted by atomic mass is 10.1. The standard InChI is InChI=1S/C24H32N4O3/c1-18-8-7-9-19(2)24(18)25-22(29)16-26(3)23(30)17-27-12-14-28(15-13-27)20-10-5-6-11-21(20)31-4/h5-11H,12-17H2,1-4H3,(H,25,29). The zero-order valence-corrected chi connectivity index (χ0v) is 18.9. The SMILES string of the molecule is COc1ccccc1N1CCN(CC(=O)N(C)CC(=O)Nc2c(C)cccc2C)CC1. The highest BCUT2D eigenvalue weighted by atomic mass is 16.5. The van der Waals surface area contributed by atoms with Gasteiger partial charge in [0, 0.05) is 38.9 Å². The number of amides is 2. The second-order valence-electron chi connectivity index (χ2n) is 8.00. The number of para-hydroxylation sites is 3. The van der Waals surface area contributed by atoms with Gasteiger partial charge in [0.2, 0.25) is 11.8 Å². The Bertz CT molecular complexity index is 903. The molecule has 0 bridgehead atoms. The van der Waals surface area contributed by atoms with E-state index in [0.717, 1.165) is 54.4 Å². The summed E-state index contributed by atoms with van der Waals surface area (Å²) < 4.78 is 5.46. The summed E-state index contributed by atoms with van der Waals surface area (Å²) in [5.41, 5.74) is 3.92. The fourth-order valence-corrected chi connectivity index (χ4v) is 3.84. The maximum atomic E-state index is 12.7. The van der Waals surface area contributed by atoms with Crippen molar-refractivity contribution in [1.82, 2.24) is 9.80 Å². The Hall–Kier alpha value is -3.06. The summed E-state index contributed by atoms with van der Waals surface area (Å²) in [6.07, 6.45) is 0. The van der Waals surface area contributed by atoms with Crippen LogP contribution in [0.4, 0.5) is 11.4 Å². The van der Waals surface area contributed by atoms with E-state index in [1.165, 1.54) is 4.90 Å². The fourth-order valence-electron chi connectivity index (χ4n) is 3.84. The second kappa shape index (κ2) is 10.3. The number of piperazine rings is 1. The van der Waals surface area contributed by atoms with Gasteiger partial charge in [0.05, 0.1) is 25.9 Å². The first-order chi connectivity index (χ1) is 14.9. The molecule has 1 saturated heterocycles. The Morgan fingerprint density at radius 1 is 1.00 bits per heavy atom. The molecule has 1 aliphatic heterocycles. The molecule has 1 aliphatic rings. The summed E-state index contributed by atoms with van der Waals surface area (Å²) in [6, 6.07) is 13.9. The number of aryl methyl sites for hydroxylation is 2. The van der Waals surface area contributed by atoms with Gasteiger partial charge in [-0.15, -0.1) is 0 Å². The van der Waals surface area contributed by atoms with E-state index in [1.54, 1.807) is 14.2 Å². The van der Waals surface area contributed by atoms with Crippen LogP contribution in [0.2, 0.25) is 0 Å². The maximum absolute atomic E-state index is 12.7. The molecule has 1 fully saturated rings. The first kappa shape index (κ1) is 22.6. The van der Waals surface area contributed by atoms with Crippen LogP contribution in [0.5, 0.6) is 5.75 Å². The average Bonchev–Trinajstić information content (AvgIpc) is 2.77. The van der Waals surface area contributed by atoms with Crippen LogP contribution in [-0.4, -0.2) is 75.0 Å². The predicted octanol–water partition coefficient (Wildman–Crippen LogP) is 2.53. The van der Waals surface area contributed by atoms with E-state index in [1.807, 2.05) is 50.2 Å². The van der Waals surface area contributed by atoms with Gasteiger partial charge >= 0.3 is 0 Å². The van der Waals surface area contributed by atoms with Crippen LogP contribution in [0.25, 0.3) is 0 Å². The Morgan fingerprint density at radius 2 is 1.65 bits per heavy atom. The van der Waals surface area contributed by atoms with Crippen LogP contribution in [0.3, 0.4) is 0 Å². The highest BCUT2D eigenvalue weighted by Gasteiger charge is 2.23. The van der Waals surface area contributed by atoms with Crippen molar-refractivity contribution in [2.45, 2.75) is 13.8 Å². The van der Waals surface area contributed by atoms with Crippen LogP contribution in [0.15, 0.2) is 42.5 Å². The molecule has 3 rings (SSSR count). The molecule has 2 amide bonds. The molecule has 0 aliphatic carbocycles. The quantitative estimate of drug-likeness (QED) is 0.740. The van der Waals surface area contributed by atoms with Gasteiger partial charge in [-0.25, -0.2) is 0 Å². The number of benzene rings is 2. The number of likely N-dealkylation sites (N-methyl/N-ethyl adjacent to an activating group) is 1. The smallest absolute Gasteiger partial charge is 0.243 e. The third-order valence-corrected chi connectivity index (χ3v) is 5.71. The fraction of sp³-hybridized carbons (Fsp3) is 0.417.